The topological polar surface area (TPSA) is 102 Å². The van der Waals surface area contributed by atoms with Gasteiger partial charge in [-0.05, 0) is 6.92 Å². The second-order valence-corrected chi connectivity index (χ2v) is 6.54. The SMILES string of the molecule is CC(CS(C)(=O)=O)Nc1ncc(Cl)cc1[N+](=O)[O-]. The fourth-order valence-electron chi connectivity index (χ4n) is 1.41. The maximum absolute atomic E-state index is 11.1. The molecule has 1 heterocycles. The molecule has 9 heteroatoms. The van der Waals surface area contributed by atoms with E-state index in [2.05, 4.69) is 10.3 Å². The number of halogens is 1. The summed E-state index contributed by atoms with van der Waals surface area (Å²) in [5.74, 6) is -0.144. The first-order valence-electron chi connectivity index (χ1n) is 4.93. The van der Waals surface area contributed by atoms with E-state index in [9.17, 15) is 18.5 Å². The molecular weight excluding hydrogens is 282 g/mol. The van der Waals surface area contributed by atoms with Gasteiger partial charge in [0, 0.05) is 24.6 Å². The van der Waals surface area contributed by atoms with Crippen LogP contribution in [0, 0.1) is 10.1 Å². The van der Waals surface area contributed by atoms with Crippen LogP contribution in [-0.4, -0.2) is 36.4 Å². The van der Waals surface area contributed by atoms with Gasteiger partial charge in [-0.15, -0.1) is 0 Å². The van der Waals surface area contributed by atoms with Crippen molar-refractivity contribution < 1.29 is 13.3 Å². The van der Waals surface area contributed by atoms with E-state index in [1.54, 1.807) is 6.92 Å². The molecule has 0 spiro atoms. The molecule has 0 aliphatic rings. The Morgan fingerprint density at radius 1 is 1.61 bits per heavy atom. The van der Waals surface area contributed by atoms with Gasteiger partial charge in [0.2, 0.25) is 5.82 Å². The summed E-state index contributed by atoms with van der Waals surface area (Å²) in [6, 6.07) is 0.664. The van der Waals surface area contributed by atoms with Gasteiger partial charge in [-0.2, -0.15) is 0 Å². The lowest BCUT2D eigenvalue weighted by atomic mass is 10.3. The Kier molecular flexibility index (Phi) is 4.47. The number of nitrogens with zero attached hydrogens (tertiary/aromatic N) is 2. The molecule has 1 aromatic heterocycles. The highest BCUT2D eigenvalue weighted by Crippen LogP contribution is 2.25. The number of nitrogens with one attached hydrogen (secondary N) is 1. The molecule has 18 heavy (non-hydrogen) atoms. The highest BCUT2D eigenvalue weighted by atomic mass is 35.5. The van der Waals surface area contributed by atoms with Gasteiger partial charge in [-0.1, -0.05) is 11.6 Å². The van der Waals surface area contributed by atoms with Crippen LogP contribution in [0.15, 0.2) is 12.3 Å². The average molecular weight is 294 g/mol. The molecule has 1 unspecified atom stereocenters. The minimum Gasteiger partial charge on any atom is -0.361 e. The fourth-order valence-corrected chi connectivity index (χ4v) is 2.55. The van der Waals surface area contributed by atoms with Gasteiger partial charge in [0.05, 0.1) is 15.7 Å². The number of pyridine rings is 1. The molecule has 0 saturated carbocycles. The zero-order valence-electron chi connectivity index (χ0n) is 9.75. The van der Waals surface area contributed by atoms with Crippen LogP contribution in [-0.2, 0) is 9.84 Å². The molecule has 1 aromatic rings. The molecule has 1 atom stereocenters. The maximum Gasteiger partial charge on any atom is 0.312 e. The number of nitro groups is 1. The van der Waals surface area contributed by atoms with Crippen LogP contribution in [0.25, 0.3) is 0 Å². The van der Waals surface area contributed by atoms with Crippen molar-refractivity contribution in [1.82, 2.24) is 4.98 Å². The first kappa shape index (κ1) is 14.7. The summed E-state index contributed by atoms with van der Waals surface area (Å²) in [7, 11) is -3.17. The van der Waals surface area contributed by atoms with Crippen molar-refractivity contribution in [1.29, 1.82) is 0 Å². The Bertz CT molecular complexity index is 561. The molecule has 0 fully saturated rings. The van der Waals surface area contributed by atoms with Crippen molar-refractivity contribution in [3.63, 3.8) is 0 Å². The lowest BCUT2D eigenvalue weighted by Gasteiger charge is -2.13. The van der Waals surface area contributed by atoms with Gasteiger partial charge in [-0.25, -0.2) is 13.4 Å². The Balaban J connectivity index is 2.94. The Hall–Kier alpha value is -1.41. The highest BCUT2D eigenvalue weighted by molar-refractivity contribution is 7.90. The summed E-state index contributed by atoms with van der Waals surface area (Å²) in [5, 5.41) is 13.6. The summed E-state index contributed by atoms with van der Waals surface area (Å²) in [5.41, 5.74) is -0.289. The third-order valence-corrected chi connectivity index (χ3v) is 3.28. The number of hydrogen-bond acceptors (Lipinski definition) is 6. The van der Waals surface area contributed by atoms with E-state index >= 15 is 0 Å². The molecule has 7 nitrogen and oxygen atoms in total. The molecule has 1 N–H and O–H groups in total. The van der Waals surface area contributed by atoms with Crippen LogP contribution in [0.1, 0.15) is 6.92 Å². The quantitative estimate of drug-likeness (QED) is 0.652. The van der Waals surface area contributed by atoms with Crippen molar-refractivity contribution in [2.45, 2.75) is 13.0 Å². The van der Waals surface area contributed by atoms with Crippen LogP contribution < -0.4 is 5.32 Å². The average Bonchev–Trinajstić information content (AvgIpc) is 2.17. The lowest BCUT2D eigenvalue weighted by molar-refractivity contribution is -0.384. The minimum atomic E-state index is -3.17. The van der Waals surface area contributed by atoms with E-state index in [4.69, 9.17) is 11.6 Å². The van der Waals surface area contributed by atoms with E-state index in [0.717, 1.165) is 12.3 Å². The van der Waals surface area contributed by atoms with E-state index in [1.807, 2.05) is 0 Å². The minimum absolute atomic E-state index is 0.000509. The molecule has 0 aliphatic heterocycles. The molecule has 0 radical (unpaired) electrons. The van der Waals surface area contributed by atoms with Gasteiger partial charge in [-0.3, -0.25) is 10.1 Å². The van der Waals surface area contributed by atoms with Gasteiger partial charge < -0.3 is 5.32 Å². The molecular formula is C9H12ClN3O4S. The van der Waals surface area contributed by atoms with Gasteiger partial charge in [0.25, 0.3) is 0 Å². The Morgan fingerprint density at radius 2 is 2.22 bits per heavy atom. The molecule has 0 saturated heterocycles. The first-order valence-corrected chi connectivity index (χ1v) is 7.37. The maximum atomic E-state index is 11.1. The van der Waals surface area contributed by atoms with E-state index < -0.39 is 20.8 Å². The summed E-state index contributed by atoms with van der Waals surface area (Å²) in [6.45, 7) is 1.60. The number of anilines is 1. The summed E-state index contributed by atoms with van der Waals surface area (Å²) >= 11 is 5.61. The largest absolute Gasteiger partial charge is 0.361 e. The predicted octanol–water partition coefficient (Wildman–Crippen LogP) is 1.49. The summed E-state index contributed by atoms with van der Waals surface area (Å²) in [4.78, 5) is 13.9. The van der Waals surface area contributed by atoms with Crippen molar-refractivity contribution in [3.8, 4) is 0 Å². The highest BCUT2D eigenvalue weighted by Gasteiger charge is 2.19. The molecule has 100 valence electrons. The Labute approximate surface area is 109 Å². The standard InChI is InChI=1S/C9H12ClN3O4S/c1-6(5-18(2,16)17)12-9-8(13(14)15)3-7(10)4-11-9/h3-4,6H,5H2,1-2H3,(H,11,12). The van der Waals surface area contributed by atoms with Crippen molar-refractivity contribution in [2.24, 2.45) is 0 Å². The van der Waals surface area contributed by atoms with Gasteiger partial charge in [0.1, 0.15) is 9.84 Å². The smallest absolute Gasteiger partial charge is 0.312 e. The normalized spacial score (nSPS) is 13.1. The van der Waals surface area contributed by atoms with E-state index in [1.165, 1.54) is 6.20 Å². The monoisotopic (exact) mass is 293 g/mol. The van der Waals surface area contributed by atoms with Gasteiger partial charge in [0.15, 0.2) is 0 Å². The molecule has 0 aliphatic carbocycles. The molecule has 0 bridgehead atoms. The third-order valence-electron chi connectivity index (χ3n) is 1.97. The first-order chi connectivity index (χ1) is 8.19. The summed E-state index contributed by atoms with van der Waals surface area (Å²) in [6.07, 6.45) is 2.35. The Morgan fingerprint density at radius 3 is 2.72 bits per heavy atom. The van der Waals surface area contributed by atoms with Crippen LogP contribution >= 0.6 is 11.6 Å². The lowest BCUT2D eigenvalue weighted by Crippen LogP contribution is -2.25. The molecule has 0 amide bonds. The van der Waals surface area contributed by atoms with Crippen molar-refractivity contribution in [2.75, 3.05) is 17.3 Å². The fraction of sp³-hybridized carbons (Fsp3) is 0.444. The van der Waals surface area contributed by atoms with Crippen LogP contribution in [0.4, 0.5) is 11.5 Å². The van der Waals surface area contributed by atoms with Crippen LogP contribution in [0.3, 0.4) is 0 Å². The number of aromatic nitrogens is 1. The number of hydrogen-bond donors (Lipinski definition) is 1. The zero-order valence-corrected chi connectivity index (χ0v) is 11.3. The van der Waals surface area contributed by atoms with Crippen LogP contribution in [0.2, 0.25) is 5.02 Å². The summed E-state index contributed by atoms with van der Waals surface area (Å²) < 4.78 is 22.2. The number of rotatable bonds is 5. The molecule has 0 aromatic carbocycles. The van der Waals surface area contributed by atoms with E-state index in [0.29, 0.717) is 0 Å². The van der Waals surface area contributed by atoms with Crippen molar-refractivity contribution in [3.05, 3.63) is 27.4 Å². The van der Waals surface area contributed by atoms with E-state index in [-0.39, 0.29) is 22.3 Å². The second kappa shape index (κ2) is 5.49. The zero-order chi connectivity index (χ0) is 13.9. The number of sulfone groups is 1. The second-order valence-electron chi connectivity index (χ2n) is 3.92. The third kappa shape index (κ3) is 4.46. The molecule has 1 rings (SSSR count). The predicted molar refractivity (Wildman–Crippen MR) is 68.7 cm³/mol. The van der Waals surface area contributed by atoms with Gasteiger partial charge >= 0.3 is 5.69 Å². The van der Waals surface area contributed by atoms with Crippen LogP contribution in [0.5, 0.6) is 0 Å². The van der Waals surface area contributed by atoms with Crippen molar-refractivity contribution >= 4 is 32.9 Å².